The second kappa shape index (κ2) is 12.3. The van der Waals surface area contributed by atoms with E-state index in [0.29, 0.717) is 25.5 Å². The number of hydrogen-bond donors (Lipinski definition) is 1. The van der Waals surface area contributed by atoms with E-state index in [0.717, 1.165) is 61.6 Å². The van der Waals surface area contributed by atoms with E-state index in [1.165, 1.54) is 0 Å². The Balaban J connectivity index is 0.00000300. The number of carbonyl (C=O) groups excluding carboxylic acids is 1. The molecule has 1 saturated heterocycles. The third kappa shape index (κ3) is 7.26. The second-order valence-corrected chi connectivity index (χ2v) is 7.00. The van der Waals surface area contributed by atoms with Crippen LogP contribution >= 0.6 is 12.4 Å². The van der Waals surface area contributed by atoms with Gasteiger partial charge in [0, 0.05) is 26.1 Å². The van der Waals surface area contributed by atoms with Gasteiger partial charge in [-0.25, -0.2) is 0 Å². The van der Waals surface area contributed by atoms with Crippen molar-refractivity contribution in [3.63, 3.8) is 0 Å². The number of hydrogen-bond acceptors (Lipinski definition) is 4. The Labute approximate surface area is 179 Å². The minimum atomic E-state index is 0. The van der Waals surface area contributed by atoms with Crippen LogP contribution in [-0.2, 0) is 17.9 Å². The van der Waals surface area contributed by atoms with Crippen molar-refractivity contribution in [1.29, 1.82) is 0 Å². The second-order valence-electron chi connectivity index (χ2n) is 7.00. The maximum atomic E-state index is 11.6. The number of nitrogens with zero attached hydrogens (tertiary/aromatic N) is 1. The van der Waals surface area contributed by atoms with Gasteiger partial charge in [-0.15, -0.1) is 12.4 Å². The number of ether oxygens (including phenoxy) is 2. The van der Waals surface area contributed by atoms with Crippen molar-refractivity contribution in [2.75, 3.05) is 26.2 Å². The lowest BCUT2D eigenvalue weighted by Gasteiger charge is -2.16. The lowest BCUT2D eigenvalue weighted by molar-refractivity contribution is -0.127. The van der Waals surface area contributed by atoms with Gasteiger partial charge in [-0.2, -0.15) is 0 Å². The Bertz CT molecular complexity index is 755. The molecule has 1 aliphatic heterocycles. The Hall–Kier alpha value is -2.24. The first kappa shape index (κ1) is 23.0. The summed E-state index contributed by atoms with van der Waals surface area (Å²) in [5, 5.41) is 3.45. The summed E-state index contributed by atoms with van der Waals surface area (Å²) < 4.78 is 11.7. The molecule has 0 bridgehead atoms. The quantitative estimate of drug-likeness (QED) is 0.556. The average molecular weight is 419 g/mol. The largest absolute Gasteiger partial charge is 0.490 e. The van der Waals surface area contributed by atoms with E-state index in [-0.39, 0.29) is 12.4 Å². The van der Waals surface area contributed by atoms with Gasteiger partial charge >= 0.3 is 0 Å². The van der Waals surface area contributed by atoms with E-state index in [9.17, 15) is 4.79 Å². The van der Waals surface area contributed by atoms with E-state index in [2.05, 4.69) is 11.4 Å². The summed E-state index contributed by atoms with van der Waals surface area (Å²) in [7, 11) is 0. The van der Waals surface area contributed by atoms with Gasteiger partial charge in [-0.3, -0.25) is 4.79 Å². The smallest absolute Gasteiger partial charge is 0.222 e. The van der Waals surface area contributed by atoms with Gasteiger partial charge in [0.25, 0.3) is 0 Å². The Morgan fingerprint density at radius 3 is 2.59 bits per heavy atom. The number of likely N-dealkylation sites (tertiary alicyclic amines) is 1. The van der Waals surface area contributed by atoms with Crippen LogP contribution in [0.1, 0.15) is 37.3 Å². The molecule has 0 atom stereocenters. The maximum absolute atomic E-state index is 11.6. The number of carbonyl (C=O) groups is 1. The molecule has 0 aliphatic carbocycles. The number of benzene rings is 2. The molecule has 0 spiro atoms. The minimum Gasteiger partial charge on any atom is -0.490 e. The van der Waals surface area contributed by atoms with Crippen LogP contribution in [0.15, 0.2) is 48.5 Å². The molecule has 3 rings (SSSR count). The van der Waals surface area contributed by atoms with Crippen LogP contribution in [0.4, 0.5) is 0 Å². The first-order chi connectivity index (χ1) is 13.8. The van der Waals surface area contributed by atoms with E-state index in [1.54, 1.807) is 0 Å². The van der Waals surface area contributed by atoms with Crippen molar-refractivity contribution in [2.45, 2.75) is 39.3 Å². The molecule has 0 saturated carbocycles. The summed E-state index contributed by atoms with van der Waals surface area (Å²) in [5.41, 5.74) is 2.29. The van der Waals surface area contributed by atoms with Crippen molar-refractivity contribution in [2.24, 2.45) is 0 Å². The normalized spacial score (nSPS) is 13.3. The van der Waals surface area contributed by atoms with Gasteiger partial charge in [-0.1, -0.05) is 36.4 Å². The summed E-state index contributed by atoms with van der Waals surface area (Å²) in [4.78, 5) is 13.6. The SMILES string of the molecule is CCOc1cc(CNCCCN2CCCC2=O)ccc1OCc1ccccc1.Cl. The molecule has 29 heavy (non-hydrogen) atoms. The lowest BCUT2D eigenvalue weighted by atomic mass is 10.2. The number of rotatable bonds is 11. The van der Waals surface area contributed by atoms with Crippen molar-refractivity contribution < 1.29 is 14.3 Å². The zero-order valence-electron chi connectivity index (χ0n) is 17.1. The highest BCUT2D eigenvalue weighted by Gasteiger charge is 2.18. The highest BCUT2D eigenvalue weighted by Crippen LogP contribution is 2.29. The number of amides is 1. The summed E-state index contributed by atoms with van der Waals surface area (Å²) in [6, 6.07) is 16.2. The molecular formula is C23H31ClN2O3. The van der Waals surface area contributed by atoms with E-state index in [1.807, 2.05) is 54.3 Å². The van der Waals surface area contributed by atoms with E-state index >= 15 is 0 Å². The molecule has 5 nitrogen and oxygen atoms in total. The van der Waals surface area contributed by atoms with Crippen molar-refractivity contribution in [3.05, 3.63) is 59.7 Å². The van der Waals surface area contributed by atoms with Crippen molar-refractivity contribution in [3.8, 4) is 11.5 Å². The highest BCUT2D eigenvalue weighted by molar-refractivity contribution is 5.85. The third-order valence-corrected chi connectivity index (χ3v) is 4.83. The predicted octanol–water partition coefficient (Wildman–Crippen LogP) is 4.19. The Kier molecular flexibility index (Phi) is 9.81. The summed E-state index contributed by atoms with van der Waals surface area (Å²) in [6.45, 7) is 6.53. The molecule has 0 aromatic heterocycles. The van der Waals surface area contributed by atoms with Gasteiger partial charge in [-0.05, 0) is 49.6 Å². The zero-order chi connectivity index (χ0) is 19.6. The highest BCUT2D eigenvalue weighted by atomic mass is 35.5. The maximum Gasteiger partial charge on any atom is 0.222 e. The molecular weight excluding hydrogens is 388 g/mol. The topological polar surface area (TPSA) is 50.8 Å². The molecule has 0 radical (unpaired) electrons. The first-order valence-electron chi connectivity index (χ1n) is 10.2. The molecule has 2 aromatic rings. The van der Waals surface area contributed by atoms with Crippen LogP contribution < -0.4 is 14.8 Å². The molecule has 6 heteroatoms. The third-order valence-electron chi connectivity index (χ3n) is 4.83. The molecule has 1 amide bonds. The van der Waals surface area contributed by atoms with Crippen LogP contribution in [-0.4, -0.2) is 37.0 Å². The van der Waals surface area contributed by atoms with Crippen molar-refractivity contribution >= 4 is 18.3 Å². The Morgan fingerprint density at radius 1 is 1.03 bits per heavy atom. The zero-order valence-corrected chi connectivity index (χ0v) is 17.9. The van der Waals surface area contributed by atoms with Crippen LogP contribution in [0, 0.1) is 0 Å². The standard InChI is InChI=1S/C23H30N2O3.ClH/c1-2-27-22-16-20(17-24-13-7-15-25-14-6-10-23(25)26)11-12-21(22)28-18-19-8-4-3-5-9-19;/h3-5,8-9,11-12,16,24H,2,6-7,10,13-15,17-18H2,1H3;1H. The number of halogens is 1. The monoisotopic (exact) mass is 418 g/mol. The first-order valence-corrected chi connectivity index (χ1v) is 10.2. The van der Waals surface area contributed by atoms with Gasteiger partial charge in [0.2, 0.25) is 5.91 Å². The predicted molar refractivity (Wildman–Crippen MR) is 118 cm³/mol. The van der Waals surface area contributed by atoms with Gasteiger partial charge in [0.15, 0.2) is 11.5 Å². The molecule has 2 aromatic carbocycles. The fourth-order valence-corrected chi connectivity index (χ4v) is 3.35. The van der Waals surface area contributed by atoms with Crippen LogP contribution in [0.3, 0.4) is 0 Å². The average Bonchev–Trinajstić information content (AvgIpc) is 3.13. The van der Waals surface area contributed by atoms with E-state index in [4.69, 9.17) is 9.47 Å². The van der Waals surface area contributed by atoms with Gasteiger partial charge in [0.05, 0.1) is 6.61 Å². The fourth-order valence-electron chi connectivity index (χ4n) is 3.35. The van der Waals surface area contributed by atoms with Gasteiger partial charge in [0.1, 0.15) is 6.61 Å². The van der Waals surface area contributed by atoms with Crippen molar-refractivity contribution in [1.82, 2.24) is 10.2 Å². The molecule has 1 heterocycles. The van der Waals surface area contributed by atoms with Crippen LogP contribution in [0.5, 0.6) is 11.5 Å². The Morgan fingerprint density at radius 2 is 1.86 bits per heavy atom. The molecule has 1 aliphatic rings. The lowest BCUT2D eigenvalue weighted by Crippen LogP contribution is -2.28. The molecule has 1 N–H and O–H groups in total. The summed E-state index contributed by atoms with van der Waals surface area (Å²) >= 11 is 0. The fraction of sp³-hybridized carbons (Fsp3) is 0.435. The minimum absolute atomic E-state index is 0. The molecule has 0 unspecified atom stereocenters. The van der Waals surface area contributed by atoms with Crippen LogP contribution in [0.2, 0.25) is 0 Å². The van der Waals surface area contributed by atoms with Crippen LogP contribution in [0.25, 0.3) is 0 Å². The molecule has 158 valence electrons. The molecule has 1 fully saturated rings. The van der Waals surface area contributed by atoms with E-state index < -0.39 is 0 Å². The number of nitrogens with one attached hydrogen (secondary N) is 1. The summed E-state index contributed by atoms with van der Waals surface area (Å²) in [6.07, 6.45) is 2.69. The van der Waals surface area contributed by atoms with Gasteiger partial charge < -0.3 is 19.7 Å². The summed E-state index contributed by atoms with van der Waals surface area (Å²) in [5.74, 6) is 1.84.